The lowest BCUT2D eigenvalue weighted by molar-refractivity contribution is 0.215. The second-order valence-electron chi connectivity index (χ2n) is 4.62. The van der Waals surface area contributed by atoms with Crippen LogP contribution in [0.3, 0.4) is 0 Å². The maximum Gasteiger partial charge on any atom is 0.123 e. The number of benzene rings is 1. The summed E-state index contributed by atoms with van der Waals surface area (Å²) in [6.07, 6.45) is 0. The molecule has 2 aliphatic rings. The van der Waals surface area contributed by atoms with Crippen LogP contribution in [0.15, 0.2) is 18.2 Å². The highest BCUT2D eigenvalue weighted by molar-refractivity contribution is 5.44. The predicted molar refractivity (Wildman–Crippen MR) is 57.3 cm³/mol. The van der Waals surface area contributed by atoms with E-state index in [1.807, 2.05) is 12.1 Å². The maximum absolute atomic E-state index is 9.50. The van der Waals surface area contributed by atoms with E-state index in [-0.39, 0.29) is 0 Å². The summed E-state index contributed by atoms with van der Waals surface area (Å²) in [5.41, 5.74) is 1.18. The first-order valence-corrected chi connectivity index (χ1v) is 5.38. The zero-order chi connectivity index (χ0) is 10.4. The van der Waals surface area contributed by atoms with Crippen molar-refractivity contribution in [2.45, 2.75) is 5.92 Å². The van der Waals surface area contributed by atoms with Crippen molar-refractivity contribution in [1.82, 2.24) is 4.90 Å². The number of likely N-dealkylation sites (tertiary alicyclic amines) is 1. The molecule has 1 aromatic carbocycles. The summed E-state index contributed by atoms with van der Waals surface area (Å²) in [7, 11) is 2.14. The third kappa shape index (κ3) is 1.38. The molecule has 80 valence electrons. The molecule has 1 fully saturated rings. The second-order valence-corrected chi connectivity index (χ2v) is 4.62. The summed E-state index contributed by atoms with van der Waals surface area (Å²) >= 11 is 0. The molecule has 2 aliphatic heterocycles. The van der Waals surface area contributed by atoms with Crippen LogP contribution < -0.4 is 4.74 Å². The molecule has 2 atom stereocenters. The molecule has 1 aromatic rings. The van der Waals surface area contributed by atoms with Gasteiger partial charge in [0, 0.05) is 30.5 Å². The van der Waals surface area contributed by atoms with E-state index in [0.29, 0.717) is 17.6 Å². The molecule has 3 nitrogen and oxygen atoms in total. The Balaban J connectivity index is 2.03. The lowest BCUT2D eigenvalue weighted by Crippen LogP contribution is -2.24. The molecule has 0 aliphatic carbocycles. The van der Waals surface area contributed by atoms with Gasteiger partial charge in [-0.2, -0.15) is 0 Å². The molecule has 1 N–H and O–H groups in total. The first-order chi connectivity index (χ1) is 7.24. The van der Waals surface area contributed by atoms with Crippen molar-refractivity contribution in [2.24, 2.45) is 5.92 Å². The molecule has 0 amide bonds. The quantitative estimate of drug-likeness (QED) is 0.695. The van der Waals surface area contributed by atoms with Crippen molar-refractivity contribution in [2.75, 3.05) is 26.7 Å². The maximum atomic E-state index is 9.50. The SMILES string of the molecule is CN1C[C@@H]2COc3ccc(O)cc3[C@H]2C1. The van der Waals surface area contributed by atoms with Gasteiger partial charge in [0.15, 0.2) is 0 Å². The second kappa shape index (κ2) is 3.14. The number of nitrogens with zero attached hydrogens (tertiary/aromatic N) is 1. The molecule has 15 heavy (non-hydrogen) atoms. The van der Waals surface area contributed by atoms with Gasteiger partial charge in [-0.25, -0.2) is 0 Å². The molecule has 3 heteroatoms. The fourth-order valence-corrected chi connectivity index (χ4v) is 2.76. The van der Waals surface area contributed by atoms with Gasteiger partial charge in [-0.3, -0.25) is 0 Å². The van der Waals surface area contributed by atoms with Gasteiger partial charge in [-0.1, -0.05) is 0 Å². The molecular formula is C12H15NO2. The van der Waals surface area contributed by atoms with Gasteiger partial charge in [0.2, 0.25) is 0 Å². The minimum atomic E-state index is 0.340. The minimum Gasteiger partial charge on any atom is -0.508 e. The van der Waals surface area contributed by atoms with E-state index in [1.165, 1.54) is 5.56 Å². The highest BCUT2D eigenvalue weighted by Crippen LogP contribution is 2.42. The smallest absolute Gasteiger partial charge is 0.123 e. The topological polar surface area (TPSA) is 32.7 Å². The van der Waals surface area contributed by atoms with E-state index < -0.39 is 0 Å². The minimum absolute atomic E-state index is 0.340. The van der Waals surface area contributed by atoms with Crippen LogP contribution in [0.2, 0.25) is 0 Å². The zero-order valence-electron chi connectivity index (χ0n) is 8.81. The van der Waals surface area contributed by atoms with Crippen LogP contribution in [-0.4, -0.2) is 36.8 Å². The Hall–Kier alpha value is -1.22. The molecule has 0 unspecified atom stereocenters. The van der Waals surface area contributed by atoms with Crippen LogP contribution in [-0.2, 0) is 0 Å². The highest BCUT2D eigenvalue weighted by Gasteiger charge is 2.37. The first-order valence-electron chi connectivity index (χ1n) is 5.38. The number of aromatic hydroxyl groups is 1. The van der Waals surface area contributed by atoms with Crippen LogP contribution in [0.1, 0.15) is 11.5 Å². The van der Waals surface area contributed by atoms with E-state index in [0.717, 1.165) is 25.4 Å². The standard InChI is InChI=1S/C12H15NO2/c1-13-5-8-7-15-12-3-2-9(14)4-10(12)11(8)6-13/h2-4,8,11,14H,5-7H2,1H3/t8-,11+/m1/s1. The largest absolute Gasteiger partial charge is 0.508 e. The number of ether oxygens (including phenoxy) is 1. The lowest BCUT2D eigenvalue weighted by atomic mass is 9.87. The molecule has 0 aromatic heterocycles. The van der Waals surface area contributed by atoms with Gasteiger partial charge < -0.3 is 14.7 Å². The van der Waals surface area contributed by atoms with Crippen molar-refractivity contribution in [1.29, 1.82) is 0 Å². The van der Waals surface area contributed by atoms with Gasteiger partial charge in [0.1, 0.15) is 11.5 Å². The van der Waals surface area contributed by atoms with Crippen LogP contribution in [0, 0.1) is 5.92 Å². The number of rotatable bonds is 0. The molecule has 2 heterocycles. The van der Waals surface area contributed by atoms with Gasteiger partial charge in [-0.05, 0) is 25.2 Å². The van der Waals surface area contributed by atoms with E-state index in [2.05, 4.69) is 11.9 Å². The highest BCUT2D eigenvalue weighted by atomic mass is 16.5. The van der Waals surface area contributed by atoms with E-state index in [4.69, 9.17) is 4.74 Å². The van der Waals surface area contributed by atoms with Crippen LogP contribution in [0.4, 0.5) is 0 Å². The molecular weight excluding hydrogens is 190 g/mol. The fourth-order valence-electron chi connectivity index (χ4n) is 2.76. The molecule has 0 saturated carbocycles. The number of phenolic OH excluding ortho intramolecular Hbond substituents is 1. The number of fused-ring (bicyclic) bond motifs is 3. The van der Waals surface area contributed by atoms with Gasteiger partial charge in [0.05, 0.1) is 6.61 Å². The monoisotopic (exact) mass is 205 g/mol. The Morgan fingerprint density at radius 2 is 2.27 bits per heavy atom. The predicted octanol–water partition coefficient (Wildman–Crippen LogP) is 1.43. The Morgan fingerprint density at radius 3 is 3.13 bits per heavy atom. The van der Waals surface area contributed by atoms with Crippen molar-refractivity contribution in [3.63, 3.8) is 0 Å². The van der Waals surface area contributed by atoms with Gasteiger partial charge in [0.25, 0.3) is 0 Å². The van der Waals surface area contributed by atoms with Crippen LogP contribution >= 0.6 is 0 Å². The average Bonchev–Trinajstić information content (AvgIpc) is 2.58. The van der Waals surface area contributed by atoms with Crippen molar-refractivity contribution < 1.29 is 9.84 Å². The summed E-state index contributed by atoms with van der Waals surface area (Å²) in [5, 5.41) is 9.50. The Kier molecular flexibility index (Phi) is 1.89. The Labute approximate surface area is 89.3 Å². The fraction of sp³-hybridized carbons (Fsp3) is 0.500. The van der Waals surface area contributed by atoms with E-state index >= 15 is 0 Å². The summed E-state index contributed by atoms with van der Waals surface area (Å²) in [6.45, 7) is 2.98. The third-order valence-corrected chi connectivity index (χ3v) is 3.47. The molecule has 0 bridgehead atoms. The normalized spacial score (nSPS) is 29.4. The van der Waals surface area contributed by atoms with Crippen LogP contribution in [0.5, 0.6) is 11.5 Å². The summed E-state index contributed by atoms with van der Waals surface area (Å²) in [5.74, 6) is 2.41. The molecule has 0 radical (unpaired) electrons. The number of hydrogen-bond donors (Lipinski definition) is 1. The first kappa shape index (κ1) is 9.04. The average molecular weight is 205 g/mol. The summed E-state index contributed by atoms with van der Waals surface area (Å²) < 4.78 is 5.70. The number of phenols is 1. The van der Waals surface area contributed by atoms with E-state index in [9.17, 15) is 5.11 Å². The molecule has 1 saturated heterocycles. The number of hydrogen-bond acceptors (Lipinski definition) is 3. The van der Waals surface area contributed by atoms with E-state index in [1.54, 1.807) is 6.07 Å². The zero-order valence-corrected chi connectivity index (χ0v) is 8.81. The van der Waals surface area contributed by atoms with Crippen molar-refractivity contribution in [3.05, 3.63) is 23.8 Å². The van der Waals surface area contributed by atoms with Crippen molar-refractivity contribution >= 4 is 0 Å². The number of likely N-dealkylation sites (N-methyl/N-ethyl adjacent to an activating group) is 1. The Morgan fingerprint density at radius 1 is 1.40 bits per heavy atom. The lowest BCUT2D eigenvalue weighted by Gasteiger charge is -2.27. The van der Waals surface area contributed by atoms with Gasteiger partial charge in [-0.15, -0.1) is 0 Å². The van der Waals surface area contributed by atoms with Crippen molar-refractivity contribution in [3.8, 4) is 11.5 Å². The van der Waals surface area contributed by atoms with Crippen LogP contribution in [0.25, 0.3) is 0 Å². The Bertz CT molecular complexity index is 391. The molecule has 3 rings (SSSR count). The summed E-state index contributed by atoms with van der Waals surface area (Å²) in [6, 6.07) is 5.42. The van der Waals surface area contributed by atoms with Gasteiger partial charge >= 0.3 is 0 Å². The third-order valence-electron chi connectivity index (χ3n) is 3.47. The molecule has 0 spiro atoms. The summed E-state index contributed by atoms with van der Waals surface area (Å²) in [4.78, 5) is 2.33.